The number of aliphatic hydroxyl groups excluding tert-OH is 2. The Kier molecular flexibility index (Phi) is 14.7. The number of benzene rings is 1. The first kappa shape index (κ1) is 30.1. The Labute approximate surface area is 205 Å². The molecule has 0 heterocycles. The quantitative estimate of drug-likeness (QED) is 0.242. The Morgan fingerprint density at radius 3 is 2.29 bits per heavy atom. The lowest BCUT2D eigenvalue weighted by molar-refractivity contribution is -0.136. The Balaban J connectivity index is 2.78. The van der Waals surface area contributed by atoms with Crippen molar-refractivity contribution in [1.29, 1.82) is 0 Å². The first-order valence-electron chi connectivity index (χ1n) is 12.7. The van der Waals surface area contributed by atoms with E-state index in [1.165, 1.54) is 19.3 Å². The second-order valence-electron chi connectivity index (χ2n) is 9.85. The molecule has 0 radical (unpaired) electrons. The number of aliphatic hydroxyl groups is 2. The molecule has 0 aliphatic heterocycles. The first-order valence-corrected chi connectivity index (χ1v) is 12.7. The fourth-order valence-corrected chi connectivity index (χ4v) is 3.73. The molecule has 0 saturated heterocycles. The topological polar surface area (TPSA) is 108 Å². The van der Waals surface area contributed by atoms with Gasteiger partial charge in [0.15, 0.2) is 0 Å². The second kappa shape index (κ2) is 16.6. The molecule has 0 aromatic heterocycles. The Hall–Kier alpha value is -1.96. The van der Waals surface area contributed by atoms with Gasteiger partial charge in [0.2, 0.25) is 11.8 Å². The predicted octanol–water partition coefficient (Wildman–Crippen LogP) is 3.37. The van der Waals surface area contributed by atoms with Crippen molar-refractivity contribution in [3.63, 3.8) is 0 Å². The van der Waals surface area contributed by atoms with Gasteiger partial charge in [-0.1, -0.05) is 69.4 Å². The van der Waals surface area contributed by atoms with Gasteiger partial charge >= 0.3 is 0 Å². The maximum absolute atomic E-state index is 13.2. The van der Waals surface area contributed by atoms with E-state index in [9.17, 15) is 19.8 Å². The third kappa shape index (κ3) is 12.0. The number of ether oxygens (including phenoxy) is 1. The van der Waals surface area contributed by atoms with Crippen molar-refractivity contribution in [2.24, 2.45) is 5.41 Å². The zero-order valence-electron chi connectivity index (χ0n) is 21.5. The number of carbonyl (C=O) groups excluding carboxylic acids is 2. The summed E-state index contributed by atoms with van der Waals surface area (Å²) in [6, 6.07) is 8.77. The predicted molar refractivity (Wildman–Crippen MR) is 135 cm³/mol. The van der Waals surface area contributed by atoms with Crippen LogP contribution in [-0.4, -0.2) is 60.5 Å². The maximum Gasteiger partial charge on any atom is 0.242 e. The minimum absolute atomic E-state index is 0.256. The fraction of sp³-hybridized carbons (Fsp3) is 0.704. The zero-order valence-corrected chi connectivity index (χ0v) is 21.5. The standard InChI is InChI=1S/C27H46N2O5/c1-5-6-7-8-12-15-23(31)16-17-24(29-26(33)27(2,3)20-30)25(32)28-22(19-34-4)18-21-13-10-9-11-14-21/h9-11,13-14,22-24,30-31H,5-8,12,15-20H2,1-4H3,(H,28,32)(H,29,33)/t22-,23?,24-/m0/s1. The number of nitrogens with one attached hydrogen (secondary N) is 2. The van der Waals surface area contributed by atoms with Gasteiger partial charge in [-0.15, -0.1) is 0 Å². The largest absolute Gasteiger partial charge is 0.395 e. The van der Waals surface area contributed by atoms with E-state index in [0.717, 1.165) is 18.4 Å². The molecule has 7 nitrogen and oxygen atoms in total. The molecule has 1 aromatic carbocycles. The van der Waals surface area contributed by atoms with Gasteiger partial charge in [0, 0.05) is 7.11 Å². The monoisotopic (exact) mass is 478 g/mol. The molecule has 1 aromatic rings. The number of rotatable bonds is 18. The van der Waals surface area contributed by atoms with Gasteiger partial charge in [-0.3, -0.25) is 9.59 Å². The Morgan fingerprint density at radius 2 is 1.68 bits per heavy atom. The summed E-state index contributed by atoms with van der Waals surface area (Å²) in [7, 11) is 1.59. The molecule has 0 fully saturated rings. The van der Waals surface area contributed by atoms with E-state index in [-0.39, 0.29) is 18.6 Å². The Bertz CT molecular complexity index is 696. The molecule has 4 N–H and O–H groups in total. The first-order chi connectivity index (χ1) is 16.2. The van der Waals surface area contributed by atoms with Gasteiger partial charge in [0.25, 0.3) is 0 Å². The van der Waals surface area contributed by atoms with E-state index in [4.69, 9.17) is 4.74 Å². The molecular weight excluding hydrogens is 432 g/mol. The average molecular weight is 479 g/mol. The van der Waals surface area contributed by atoms with Crippen molar-refractivity contribution >= 4 is 11.8 Å². The minimum atomic E-state index is -1.01. The van der Waals surface area contributed by atoms with Gasteiger partial charge in [-0.25, -0.2) is 0 Å². The van der Waals surface area contributed by atoms with Gasteiger partial charge in [-0.05, 0) is 45.1 Å². The van der Waals surface area contributed by atoms with Gasteiger partial charge in [0.1, 0.15) is 6.04 Å². The van der Waals surface area contributed by atoms with Gasteiger partial charge < -0.3 is 25.6 Å². The van der Waals surface area contributed by atoms with Gasteiger partial charge in [0.05, 0.1) is 30.8 Å². The summed E-state index contributed by atoms with van der Waals surface area (Å²) in [5.41, 5.74) is 0.0668. The maximum atomic E-state index is 13.2. The van der Waals surface area contributed by atoms with E-state index >= 15 is 0 Å². The number of hydrogen-bond donors (Lipinski definition) is 4. The molecule has 1 unspecified atom stereocenters. The summed E-state index contributed by atoms with van der Waals surface area (Å²) < 4.78 is 5.30. The van der Waals surface area contributed by atoms with Crippen LogP contribution < -0.4 is 10.6 Å². The number of unbranched alkanes of at least 4 members (excludes halogenated alkanes) is 4. The smallest absolute Gasteiger partial charge is 0.242 e. The van der Waals surface area contributed by atoms with E-state index in [1.807, 2.05) is 30.3 Å². The van der Waals surface area contributed by atoms with Crippen molar-refractivity contribution < 1.29 is 24.5 Å². The van der Waals surface area contributed by atoms with Crippen LogP contribution in [0.3, 0.4) is 0 Å². The molecular formula is C27H46N2O5. The summed E-state index contributed by atoms with van der Waals surface area (Å²) >= 11 is 0. The van der Waals surface area contributed by atoms with Crippen LogP contribution in [0.15, 0.2) is 30.3 Å². The van der Waals surface area contributed by atoms with Crippen molar-refractivity contribution in [3.05, 3.63) is 35.9 Å². The molecule has 2 amide bonds. The lowest BCUT2D eigenvalue weighted by atomic mass is 9.92. The van der Waals surface area contributed by atoms with Crippen molar-refractivity contribution in [2.75, 3.05) is 20.3 Å². The minimum Gasteiger partial charge on any atom is -0.395 e. The Morgan fingerprint density at radius 1 is 1.00 bits per heavy atom. The lowest BCUT2D eigenvalue weighted by Gasteiger charge is -2.27. The summed E-state index contributed by atoms with van der Waals surface area (Å²) in [6.07, 6.45) is 7.11. The van der Waals surface area contributed by atoms with Crippen LogP contribution in [0.2, 0.25) is 0 Å². The molecule has 0 bridgehead atoms. The highest BCUT2D eigenvalue weighted by molar-refractivity contribution is 5.90. The van der Waals surface area contributed by atoms with Crippen LogP contribution in [0, 0.1) is 5.41 Å². The molecule has 34 heavy (non-hydrogen) atoms. The lowest BCUT2D eigenvalue weighted by Crippen LogP contribution is -2.54. The number of hydrogen-bond acceptors (Lipinski definition) is 5. The highest BCUT2D eigenvalue weighted by atomic mass is 16.5. The molecule has 7 heteroatoms. The molecule has 0 aliphatic rings. The van der Waals surface area contributed by atoms with Gasteiger partial charge in [-0.2, -0.15) is 0 Å². The zero-order chi connectivity index (χ0) is 25.4. The molecule has 0 saturated carbocycles. The number of amides is 2. The van der Waals surface area contributed by atoms with Crippen LogP contribution in [0.4, 0.5) is 0 Å². The molecule has 0 spiro atoms. The fourth-order valence-electron chi connectivity index (χ4n) is 3.73. The van der Waals surface area contributed by atoms with Crippen molar-refractivity contribution in [2.45, 2.75) is 96.7 Å². The summed E-state index contributed by atoms with van der Waals surface area (Å²) in [4.78, 5) is 25.9. The van der Waals surface area contributed by atoms with Crippen molar-refractivity contribution in [3.8, 4) is 0 Å². The van der Waals surface area contributed by atoms with Crippen LogP contribution in [0.25, 0.3) is 0 Å². The van der Waals surface area contributed by atoms with Crippen LogP contribution in [-0.2, 0) is 20.7 Å². The highest BCUT2D eigenvalue weighted by Crippen LogP contribution is 2.16. The van der Waals surface area contributed by atoms with Crippen molar-refractivity contribution in [1.82, 2.24) is 10.6 Å². The van der Waals surface area contributed by atoms with Crippen LogP contribution in [0.1, 0.15) is 77.7 Å². The molecule has 1 rings (SSSR count). The summed E-state index contributed by atoms with van der Waals surface area (Å²) in [5.74, 6) is -0.703. The highest BCUT2D eigenvalue weighted by Gasteiger charge is 2.31. The molecule has 194 valence electrons. The normalized spacial score (nSPS) is 14.3. The number of carbonyl (C=O) groups is 2. The van der Waals surface area contributed by atoms with E-state index in [0.29, 0.717) is 32.3 Å². The summed E-state index contributed by atoms with van der Waals surface area (Å²) in [5, 5.41) is 25.8. The number of methoxy groups -OCH3 is 1. The second-order valence-corrected chi connectivity index (χ2v) is 9.85. The third-order valence-electron chi connectivity index (χ3n) is 6.10. The van der Waals surface area contributed by atoms with E-state index < -0.39 is 23.5 Å². The summed E-state index contributed by atoms with van der Waals surface area (Å²) in [6.45, 7) is 5.44. The average Bonchev–Trinajstić information content (AvgIpc) is 2.82. The van der Waals surface area contributed by atoms with Crippen LogP contribution >= 0.6 is 0 Å². The van der Waals surface area contributed by atoms with Crippen LogP contribution in [0.5, 0.6) is 0 Å². The molecule has 3 atom stereocenters. The third-order valence-corrected chi connectivity index (χ3v) is 6.10. The molecule has 0 aliphatic carbocycles. The van der Waals surface area contributed by atoms with E-state index in [2.05, 4.69) is 17.6 Å². The SMILES string of the molecule is CCCCCCCC(O)CC[C@H](NC(=O)C(C)(C)CO)C(=O)N[C@H](COC)Cc1ccccc1. The van der Waals surface area contributed by atoms with E-state index in [1.54, 1.807) is 21.0 Å².